The van der Waals surface area contributed by atoms with Crippen LogP contribution < -0.4 is 15.4 Å². The van der Waals surface area contributed by atoms with Gasteiger partial charge in [0.2, 0.25) is 0 Å². The van der Waals surface area contributed by atoms with Crippen LogP contribution in [0.15, 0.2) is 79.0 Å². The van der Waals surface area contributed by atoms with Crippen LogP contribution in [0.3, 0.4) is 0 Å². The Morgan fingerprint density at radius 1 is 0.944 bits per heavy atom. The molecule has 5 rings (SSSR count). The van der Waals surface area contributed by atoms with Gasteiger partial charge in [-0.05, 0) is 67.6 Å². The van der Waals surface area contributed by atoms with Gasteiger partial charge in [0.1, 0.15) is 11.5 Å². The van der Waals surface area contributed by atoms with Crippen LogP contribution >= 0.6 is 0 Å². The summed E-state index contributed by atoms with van der Waals surface area (Å²) in [7, 11) is 0. The summed E-state index contributed by atoms with van der Waals surface area (Å²) < 4.78 is 34.8. The van der Waals surface area contributed by atoms with Crippen molar-refractivity contribution in [3.63, 3.8) is 0 Å². The van der Waals surface area contributed by atoms with Crippen molar-refractivity contribution >= 4 is 28.3 Å². The lowest BCUT2D eigenvalue weighted by molar-refractivity contribution is -0.0645. The number of benzene rings is 3. The number of piperidine rings is 1. The molecule has 1 aliphatic heterocycles. The van der Waals surface area contributed by atoms with Gasteiger partial charge >= 0.3 is 6.03 Å². The summed E-state index contributed by atoms with van der Waals surface area (Å²) in [5.74, 6) is -1.20. The summed E-state index contributed by atoms with van der Waals surface area (Å²) in [4.78, 5) is 14.3. The molecular weight excluding hydrogens is 464 g/mol. The van der Waals surface area contributed by atoms with Crippen molar-refractivity contribution in [2.45, 2.75) is 25.3 Å². The minimum atomic E-state index is -2.60. The van der Waals surface area contributed by atoms with E-state index < -0.39 is 5.92 Å². The van der Waals surface area contributed by atoms with E-state index in [1.54, 1.807) is 39.9 Å². The normalized spacial score (nSPS) is 15.5. The number of hydrogen-bond donors (Lipinski definition) is 2. The predicted octanol–water partition coefficient (Wildman–Crippen LogP) is 6.20. The van der Waals surface area contributed by atoms with Crippen molar-refractivity contribution in [2.24, 2.45) is 0 Å². The first-order valence-electron chi connectivity index (χ1n) is 11.9. The lowest BCUT2D eigenvalue weighted by Crippen LogP contribution is -2.43. The second kappa shape index (κ2) is 10.3. The number of rotatable bonds is 7. The fourth-order valence-electron chi connectivity index (χ4n) is 4.27. The zero-order valence-corrected chi connectivity index (χ0v) is 19.7. The molecule has 1 aliphatic rings. The van der Waals surface area contributed by atoms with E-state index in [1.165, 1.54) is 0 Å². The number of likely N-dealkylation sites (tertiary alicyclic amines) is 1. The number of ether oxygens (including phenoxy) is 1. The number of nitrogens with one attached hydrogen (secondary N) is 2. The highest BCUT2D eigenvalue weighted by Crippen LogP contribution is 2.27. The van der Waals surface area contributed by atoms with Crippen molar-refractivity contribution in [1.82, 2.24) is 14.7 Å². The molecule has 2 heterocycles. The number of nitrogens with zero attached hydrogens (tertiary/aromatic N) is 3. The van der Waals surface area contributed by atoms with Crippen molar-refractivity contribution in [3.8, 4) is 11.5 Å². The number of carbonyl (C=O) groups is 1. The number of anilines is 2. The first-order valence-corrected chi connectivity index (χ1v) is 11.9. The molecule has 2 N–H and O–H groups in total. The molecule has 0 atom stereocenters. The molecule has 36 heavy (non-hydrogen) atoms. The molecular formula is C27H27F2N5O2. The maximum atomic E-state index is 13.6. The number of halogens is 2. The number of urea groups is 1. The summed E-state index contributed by atoms with van der Waals surface area (Å²) in [6.07, 6.45) is 2.34. The molecule has 2 amide bonds. The first kappa shape index (κ1) is 23.7. The van der Waals surface area contributed by atoms with Crippen molar-refractivity contribution in [1.29, 1.82) is 0 Å². The molecule has 1 aromatic heterocycles. The second-order valence-electron chi connectivity index (χ2n) is 8.92. The maximum Gasteiger partial charge on any atom is 0.323 e. The number of amides is 2. The Labute approximate surface area is 207 Å². The molecule has 0 unspecified atom stereocenters. The van der Waals surface area contributed by atoms with Crippen LogP contribution in [0.4, 0.5) is 25.0 Å². The summed E-state index contributed by atoms with van der Waals surface area (Å²) in [5, 5.41) is 11.0. The van der Waals surface area contributed by atoms with Gasteiger partial charge in [0.15, 0.2) is 0 Å². The highest BCUT2D eigenvalue weighted by Gasteiger charge is 2.34. The average molecular weight is 492 g/mol. The summed E-state index contributed by atoms with van der Waals surface area (Å²) in [6.45, 7) is 1.53. The van der Waals surface area contributed by atoms with E-state index >= 15 is 0 Å². The van der Waals surface area contributed by atoms with Crippen LogP contribution in [-0.4, -0.2) is 46.3 Å². The quantitative estimate of drug-likeness (QED) is 0.323. The topological polar surface area (TPSA) is 71.4 Å². The van der Waals surface area contributed by atoms with Gasteiger partial charge in [-0.25, -0.2) is 13.6 Å². The fourth-order valence-corrected chi connectivity index (χ4v) is 4.27. The smallest absolute Gasteiger partial charge is 0.323 e. The highest BCUT2D eigenvalue weighted by atomic mass is 19.3. The van der Waals surface area contributed by atoms with Gasteiger partial charge in [-0.1, -0.05) is 18.2 Å². The van der Waals surface area contributed by atoms with E-state index in [4.69, 9.17) is 4.74 Å². The third-order valence-corrected chi connectivity index (χ3v) is 6.02. The molecule has 1 fully saturated rings. The zero-order chi connectivity index (χ0) is 25.0. The highest BCUT2D eigenvalue weighted by molar-refractivity contribution is 6.00. The van der Waals surface area contributed by atoms with Crippen LogP contribution in [0.25, 0.3) is 10.9 Å². The molecule has 3 aromatic carbocycles. The lowest BCUT2D eigenvalue weighted by atomic mass is 10.1. The van der Waals surface area contributed by atoms with E-state index in [2.05, 4.69) is 15.7 Å². The standard InChI is InChI=1S/C27H27F2N5O2/c28-27(29)13-4-14-33(19-27)15-16-34-18-20-17-22(9-12-25(20)32-34)31-26(35)30-21-7-10-24(11-8-21)36-23-5-2-1-3-6-23/h1-3,5-12,17-18H,4,13-16,19H2,(H2,30,31,35). The Morgan fingerprint density at radius 3 is 2.44 bits per heavy atom. The molecule has 0 saturated carbocycles. The van der Waals surface area contributed by atoms with Gasteiger partial charge in [0.05, 0.1) is 18.6 Å². The van der Waals surface area contributed by atoms with Crippen molar-refractivity contribution < 1.29 is 18.3 Å². The molecule has 0 spiro atoms. The van der Waals surface area contributed by atoms with E-state index in [-0.39, 0.29) is 19.0 Å². The van der Waals surface area contributed by atoms with Crippen LogP contribution in [0.1, 0.15) is 12.8 Å². The third-order valence-electron chi connectivity index (χ3n) is 6.02. The van der Waals surface area contributed by atoms with E-state index in [0.717, 1.165) is 16.7 Å². The number of aromatic nitrogens is 2. The van der Waals surface area contributed by atoms with Gasteiger partial charge in [-0.15, -0.1) is 0 Å². The molecule has 1 saturated heterocycles. The summed E-state index contributed by atoms with van der Waals surface area (Å²) in [6, 6.07) is 21.6. The Bertz CT molecular complexity index is 1330. The number of para-hydroxylation sites is 1. The van der Waals surface area contributed by atoms with Gasteiger partial charge in [0, 0.05) is 35.9 Å². The van der Waals surface area contributed by atoms with Crippen molar-refractivity contribution in [3.05, 3.63) is 79.0 Å². The SMILES string of the molecule is O=C(Nc1ccc(Oc2ccccc2)cc1)Nc1ccc2nn(CCN3CCCC(F)(F)C3)cc2c1. The minimum absolute atomic E-state index is 0.0352. The van der Waals surface area contributed by atoms with E-state index in [9.17, 15) is 13.6 Å². The van der Waals surface area contributed by atoms with E-state index in [0.29, 0.717) is 43.2 Å². The number of hydrogen-bond acceptors (Lipinski definition) is 4. The Hall–Kier alpha value is -3.98. The van der Waals surface area contributed by atoms with E-state index in [1.807, 2.05) is 48.7 Å². The molecule has 9 heteroatoms. The van der Waals surface area contributed by atoms with Gasteiger partial charge in [-0.2, -0.15) is 5.10 Å². The molecule has 0 aliphatic carbocycles. The van der Waals surface area contributed by atoms with Crippen LogP contribution in [-0.2, 0) is 6.54 Å². The predicted molar refractivity (Wildman–Crippen MR) is 136 cm³/mol. The molecule has 4 aromatic rings. The molecule has 0 radical (unpaired) electrons. The number of carbonyl (C=O) groups excluding carboxylic acids is 1. The zero-order valence-electron chi connectivity index (χ0n) is 19.7. The molecule has 186 valence electrons. The van der Waals surface area contributed by atoms with Crippen LogP contribution in [0.2, 0.25) is 0 Å². The Morgan fingerprint density at radius 2 is 1.67 bits per heavy atom. The lowest BCUT2D eigenvalue weighted by Gasteiger charge is -2.32. The Kier molecular flexibility index (Phi) is 6.81. The van der Waals surface area contributed by atoms with Gasteiger partial charge < -0.3 is 15.4 Å². The summed E-state index contributed by atoms with van der Waals surface area (Å²) in [5.41, 5.74) is 2.03. The monoisotopic (exact) mass is 491 g/mol. The fraction of sp³-hybridized carbons (Fsp3) is 0.259. The minimum Gasteiger partial charge on any atom is -0.457 e. The van der Waals surface area contributed by atoms with Crippen LogP contribution in [0.5, 0.6) is 11.5 Å². The molecule has 7 nitrogen and oxygen atoms in total. The second-order valence-corrected chi connectivity index (χ2v) is 8.92. The van der Waals surface area contributed by atoms with Crippen LogP contribution in [0, 0.1) is 0 Å². The Balaban J connectivity index is 1.15. The molecule has 0 bridgehead atoms. The largest absolute Gasteiger partial charge is 0.457 e. The number of fused-ring (bicyclic) bond motifs is 1. The first-order chi connectivity index (χ1) is 17.4. The average Bonchev–Trinajstić information content (AvgIpc) is 3.26. The number of alkyl halides is 2. The van der Waals surface area contributed by atoms with Gasteiger partial charge in [0.25, 0.3) is 5.92 Å². The van der Waals surface area contributed by atoms with Crippen molar-refractivity contribution in [2.75, 3.05) is 30.3 Å². The third kappa shape index (κ3) is 6.17. The maximum absolute atomic E-state index is 13.6. The summed E-state index contributed by atoms with van der Waals surface area (Å²) >= 11 is 0. The van der Waals surface area contributed by atoms with Gasteiger partial charge in [-0.3, -0.25) is 9.58 Å².